The summed E-state index contributed by atoms with van der Waals surface area (Å²) in [5.74, 6) is -1.27. The smallest absolute Gasteiger partial charge is 0.323 e. The van der Waals surface area contributed by atoms with E-state index in [1.54, 1.807) is 6.20 Å². The summed E-state index contributed by atoms with van der Waals surface area (Å²) in [7, 11) is 0. The Kier molecular flexibility index (Phi) is 6.29. The molecule has 2 rings (SSSR count). The Bertz CT molecular complexity index is 655. The fourth-order valence-electron chi connectivity index (χ4n) is 2.22. The van der Waals surface area contributed by atoms with Gasteiger partial charge in [0, 0.05) is 6.54 Å². The lowest BCUT2D eigenvalue weighted by atomic mass is 10.1. The lowest BCUT2D eigenvalue weighted by molar-refractivity contribution is -0.137. The van der Waals surface area contributed by atoms with Gasteiger partial charge in [0.2, 0.25) is 0 Å². The van der Waals surface area contributed by atoms with Gasteiger partial charge >= 0.3 is 5.97 Å². The lowest BCUT2D eigenvalue weighted by Gasteiger charge is -2.19. The molecule has 0 radical (unpaired) electrons. The van der Waals surface area contributed by atoms with Crippen molar-refractivity contribution >= 4 is 23.2 Å². The second-order valence-corrected chi connectivity index (χ2v) is 6.34. The number of aromatic nitrogens is 1. The van der Waals surface area contributed by atoms with E-state index in [1.807, 2.05) is 30.3 Å². The highest BCUT2D eigenvalue weighted by Gasteiger charge is 2.20. The summed E-state index contributed by atoms with van der Waals surface area (Å²) < 4.78 is 0. The van der Waals surface area contributed by atoms with Crippen LogP contribution in [0.15, 0.2) is 36.5 Å². The molecule has 0 saturated carbocycles. The lowest BCUT2D eigenvalue weighted by Crippen LogP contribution is -2.36. The normalized spacial score (nSPS) is 10.5. The average molecular weight is 332 g/mol. The number of thiazole rings is 1. The van der Waals surface area contributed by atoms with Crippen LogP contribution in [-0.2, 0) is 17.6 Å². The Hall–Kier alpha value is -2.21. The van der Waals surface area contributed by atoms with E-state index in [0.717, 1.165) is 23.4 Å². The first-order valence-corrected chi connectivity index (χ1v) is 8.41. The molecule has 0 bridgehead atoms. The molecule has 0 fully saturated rings. The number of benzene rings is 1. The SMILES string of the molecule is CCCc1ncc(C(=O)N(CCc2ccccc2)CC(=O)O)s1. The van der Waals surface area contributed by atoms with Crippen LogP contribution in [0.4, 0.5) is 0 Å². The van der Waals surface area contributed by atoms with E-state index in [4.69, 9.17) is 5.11 Å². The van der Waals surface area contributed by atoms with Gasteiger partial charge in [0.1, 0.15) is 11.4 Å². The van der Waals surface area contributed by atoms with Gasteiger partial charge in [-0.1, -0.05) is 37.3 Å². The van der Waals surface area contributed by atoms with Crippen LogP contribution in [0.5, 0.6) is 0 Å². The minimum Gasteiger partial charge on any atom is -0.480 e. The van der Waals surface area contributed by atoms with Crippen molar-refractivity contribution in [3.63, 3.8) is 0 Å². The van der Waals surface area contributed by atoms with Gasteiger partial charge in [-0.2, -0.15) is 0 Å². The third-order valence-corrected chi connectivity index (χ3v) is 4.40. The molecule has 0 saturated heterocycles. The molecule has 1 N–H and O–H groups in total. The number of aliphatic carboxylic acids is 1. The molecule has 1 heterocycles. The van der Waals surface area contributed by atoms with Crippen LogP contribution in [0.2, 0.25) is 0 Å². The topological polar surface area (TPSA) is 70.5 Å². The van der Waals surface area contributed by atoms with E-state index in [2.05, 4.69) is 11.9 Å². The summed E-state index contributed by atoms with van der Waals surface area (Å²) in [6.07, 6.45) is 3.98. The number of carboxylic acid groups (broad SMARTS) is 1. The molecule has 0 aliphatic rings. The maximum atomic E-state index is 12.6. The summed E-state index contributed by atoms with van der Waals surface area (Å²) in [6, 6.07) is 9.72. The Morgan fingerprint density at radius 2 is 1.96 bits per heavy atom. The zero-order valence-electron chi connectivity index (χ0n) is 13.1. The van der Waals surface area contributed by atoms with Crippen LogP contribution in [0.3, 0.4) is 0 Å². The number of rotatable bonds is 8. The molecule has 0 unspecified atom stereocenters. The van der Waals surface area contributed by atoms with Gasteiger partial charge < -0.3 is 10.0 Å². The fourth-order valence-corrected chi connectivity index (χ4v) is 3.21. The number of hydrogen-bond acceptors (Lipinski definition) is 4. The Labute approximate surface area is 139 Å². The molecule has 23 heavy (non-hydrogen) atoms. The quantitative estimate of drug-likeness (QED) is 0.807. The van der Waals surface area contributed by atoms with Crippen LogP contribution in [-0.4, -0.2) is 40.0 Å². The van der Waals surface area contributed by atoms with Crippen molar-refractivity contribution in [2.75, 3.05) is 13.1 Å². The van der Waals surface area contributed by atoms with Gasteiger partial charge in [-0.05, 0) is 24.8 Å². The van der Waals surface area contributed by atoms with E-state index in [0.29, 0.717) is 17.8 Å². The zero-order valence-corrected chi connectivity index (χ0v) is 13.9. The highest BCUT2D eigenvalue weighted by Crippen LogP contribution is 2.17. The fraction of sp³-hybridized carbons (Fsp3) is 0.353. The first-order chi connectivity index (χ1) is 11.1. The molecular formula is C17H20N2O3S. The van der Waals surface area contributed by atoms with Crippen LogP contribution in [0, 0.1) is 0 Å². The summed E-state index contributed by atoms with van der Waals surface area (Å²) in [6.45, 7) is 2.13. The highest BCUT2D eigenvalue weighted by atomic mass is 32.1. The first kappa shape index (κ1) is 17.1. The maximum Gasteiger partial charge on any atom is 0.323 e. The number of carboxylic acids is 1. The molecule has 5 nitrogen and oxygen atoms in total. The molecule has 0 atom stereocenters. The maximum absolute atomic E-state index is 12.6. The van der Waals surface area contributed by atoms with Gasteiger partial charge in [0.05, 0.1) is 11.2 Å². The largest absolute Gasteiger partial charge is 0.480 e. The van der Waals surface area contributed by atoms with E-state index in [-0.39, 0.29) is 12.5 Å². The molecule has 0 aliphatic heterocycles. The zero-order chi connectivity index (χ0) is 16.7. The minimum atomic E-state index is -1.01. The Balaban J connectivity index is 2.06. The number of hydrogen-bond donors (Lipinski definition) is 1. The van der Waals surface area contributed by atoms with Crippen molar-refractivity contribution in [3.05, 3.63) is 52.0 Å². The monoisotopic (exact) mass is 332 g/mol. The number of carbonyl (C=O) groups excluding carboxylic acids is 1. The molecule has 0 aliphatic carbocycles. The number of carbonyl (C=O) groups is 2. The Morgan fingerprint density at radius 1 is 1.22 bits per heavy atom. The van der Waals surface area contributed by atoms with Gasteiger partial charge in [-0.25, -0.2) is 4.98 Å². The highest BCUT2D eigenvalue weighted by molar-refractivity contribution is 7.13. The molecule has 6 heteroatoms. The van der Waals surface area contributed by atoms with Crippen molar-refractivity contribution in [2.45, 2.75) is 26.2 Å². The molecule has 2 aromatic rings. The second-order valence-electron chi connectivity index (χ2n) is 5.22. The Morgan fingerprint density at radius 3 is 2.61 bits per heavy atom. The number of aryl methyl sites for hydroxylation is 1. The molecule has 0 spiro atoms. The van der Waals surface area contributed by atoms with E-state index in [9.17, 15) is 9.59 Å². The molecule has 1 amide bonds. The van der Waals surface area contributed by atoms with E-state index in [1.165, 1.54) is 16.2 Å². The van der Waals surface area contributed by atoms with Crippen molar-refractivity contribution in [1.82, 2.24) is 9.88 Å². The molecule has 1 aromatic heterocycles. The van der Waals surface area contributed by atoms with E-state index >= 15 is 0 Å². The van der Waals surface area contributed by atoms with Crippen molar-refractivity contribution in [1.29, 1.82) is 0 Å². The number of amides is 1. The van der Waals surface area contributed by atoms with E-state index < -0.39 is 5.97 Å². The molecule has 1 aromatic carbocycles. The van der Waals surface area contributed by atoms with Crippen molar-refractivity contribution in [2.24, 2.45) is 0 Å². The summed E-state index contributed by atoms with van der Waals surface area (Å²) in [4.78, 5) is 29.7. The number of nitrogens with zero attached hydrogens (tertiary/aromatic N) is 2. The average Bonchev–Trinajstić information content (AvgIpc) is 3.00. The third kappa shape index (κ3) is 5.17. The van der Waals surface area contributed by atoms with Gasteiger partial charge in [-0.3, -0.25) is 9.59 Å². The molecule has 122 valence electrons. The van der Waals surface area contributed by atoms with Crippen LogP contribution in [0.25, 0.3) is 0 Å². The van der Waals surface area contributed by atoms with Crippen LogP contribution < -0.4 is 0 Å². The van der Waals surface area contributed by atoms with Crippen LogP contribution >= 0.6 is 11.3 Å². The predicted octanol–water partition coefficient (Wildman–Crippen LogP) is 2.87. The third-order valence-electron chi connectivity index (χ3n) is 3.35. The minimum absolute atomic E-state index is 0.261. The summed E-state index contributed by atoms with van der Waals surface area (Å²) in [5.41, 5.74) is 1.08. The summed E-state index contributed by atoms with van der Waals surface area (Å²) >= 11 is 1.35. The molecular weight excluding hydrogens is 312 g/mol. The van der Waals surface area contributed by atoms with Crippen LogP contribution in [0.1, 0.15) is 33.6 Å². The predicted molar refractivity (Wildman–Crippen MR) is 89.8 cm³/mol. The van der Waals surface area contributed by atoms with Crippen molar-refractivity contribution < 1.29 is 14.7 Å². The van der Waals surface area contributed by atoms with Gasteiger partial charge in [0.25, 0.3) is 5.91 Å². The van der Waals surface area contributed by atoms with Crippen molar-refractivity contribution in [3.8, 4) is 0 Å². The second kappa shape index (κ2) is 8.43. The van der Waals surface area contributed by atoms with Gasteiger partial charge in [-0.15, -0.1) is 11.3 Å². The first-order valence-electron chi connectivity index (χ1n) is 7.60. The standard InChI is InChI=1S/C17H20N2O3S/c1-2-6-15-18-11-14(23-15)17(22)19(12-16(20)21)10-9-13-7-4-3-5-8-13/h3-5,7-8,11H,2,6,9-10,12H2,1H3,(H,20,21). The van der Waals surface area contributed by atoms with Gasteiger partial charge in [0.15, 0.2) is 0 Å². The summed E-state index contributed by atoms with van der Waals surface area (Å²) in [5, 5.41) is 9.97.